The van der Waals surface area contributed by atoms with Crippen molar-refractivity contribution < 1.29 is 4.42 Å². The monoisotopic (exact) mass is 448 g/mol. The van der Waals surface area contributed by atoms with E-state index in [4.69, 9.17) is 21.8 Å². The second-order valence-corrected chi connectivity index (χ2v) is 8.50. The number of nitrogens with zero attached hydrogens (tertiary/aromatic N) is 6. The number of nitrogens with one attached hydrogen (secondary N) is 1. The average molecular weight is 449 g/mol. The molecule has 0 spiro atoms. The average Bonchev–Trinajstić information content (AvgIpc) is 3.53. The van der Waals surface area contributed by atoms with E-state index < -0.39 is 0 Å². The fourth-order valence-corrected chi connectivity index (χ4v) is 4.72. The van der Waals surface area contributed by atoms with Crippen molar-refractivity contribution in [3.63, 3.8) is 0 Å². The quantitative estimate of drug-likeness (QED) is 0.431. The molecule has 0 atom stereocenters. The molecule has 5 aromatic rings. The van der Waals surface area contributed by atoms with Crippen LogP contribution in [0.15, 0.2) is 41.6 Å². The molecule has 1 aliphatic rings. The maximum Gasteiger partial charge on any atom is 0.179 e. The van der Waals surface area contributed by atoms with E-state index in [0.717, 1.165) is 59.2 Å². The molecule has 0 saturated carbocycles. The lowest BCUT2D eigenvalue weighted by molar-refractivity contribution is 0.343. The second-order valence-electron chi connectivity index (χ2n) is 8.12. The van der Waals surface area contributed by atoms with Gasteiger partial charge in [0.2, 0.25) is 0 Å². The molecule has 10 heteroatoms. The third-order valence-corrected chi connectivity index (χ3v) is 6.45. The molecule has 0 aliphatic carbocycles. The third kappa shape index (κ3) is 2.96. The van der Waals surface area contributed by atoms with Gasteiger partial charge >= 0.3 is 0 Å². The molecule has 6 heterocycles. The van der Waals surface area contributed by atoms with Gasteiger partial charge in [0.1, 0.15) is 5.52 Å². The Kier molecular flexibility index (Phi) is 4.41. The predicted octanol–water partition coefficient (Wildman–Crippen LogP) is 3.80. The number of pyridine rings is 2. The van der Waals surface area contributed by atoms with Gasteiger partial charge in [-0.3, -0.25) is 4.68 Å². The highest BCUT2D eigenvalue weighted by Crippen LogP contribution is 2.43. The van der Waals surface area contributed by atoms with Gasteiger partial charge in [0.15, 0.2) is 22.8 Å². The smallest absolute Gasteiger partial charge is 0.179 e. The van der Waals surface area contributed by atoms with Gasteiger partial charge in [-0.1, -0.05) is 11.6 Å². The first-order chi connectivity index (χ1) is 15.6. The summed E-state index contributed by atoms with van der Waals surface area (Å²) < 4.78 is 10.0. The minimum Gasteiger partial charge on any atom is -0.450 e. The molecule has 0 unspecified atom stereocenters. The topological polar surface area (TPSA) is 113 Å². The van der Waals surface area contributed by atoms with Gasteiger partial charge in [-0.15, -0.1) is 0 Å². The van der Waals surface area contributed by atoms with Crippen molar-refractivity contribution in [3.8, 4) is 22.5 Å². The van der Waals surface area contributed by atoms with Crippen molar-refractivity contribution >= 4 is 39.6 Å². The molecule has 1 saturated heterocycles. The molecule has 3 N–H and O–H groups in total. The summed E-state index contributed by atoms with van der Waals surface area (Å²) in [5.74, 6) is 0.780. The lowest BCUT2D eigenvalue weighted by Crippen LogP contribution is -2.29. The Morgan fingerprint density at radius 1 is 1.12 bits per heavy atom. The number of aryl methyl sites for hydroxylation is 1. The summed E-state index contributed by atoms with van der Waals surface area (Å²) in [5.41, 5.74) is 10.6. The zero-order chi connectivity index (χ0) is 21.8. The number of fused-ring (bicyclic) bond motifs is 2. The number of rotatable bonds is 3. The highest BCUT2D eigenvalue weighted by atomic mass is 35.5. The number of hydrogen-bond acceptors (Lipinski definition) is 7. The van der Waals surface area contributed by atoms with Crippen LogP contribution in [0.2, 0.25) is 5.02 Å². The first-order valence-corrected chi connectivity index (χ1v) is 10.9. The summed E-state index contributed by atoms with van der Waals surface area (Å²) >= 11 is 6.86. The predicted molar refractivity (Wildman–Crippen MR) is 123 cm³/mol. The van der Waals surface area contributed by atoms with Gasteiger partial charge in [-0.25, -0.2) is 15.0 Å². The first-order valence-electron chi connectivity index (χ1n) is 10.5. The fourth-order valence-electron chi connectivity index (χ4n) is 4.38. The van der Waals surface area contributed by atoms with Crippen molar-refractivity contribution in [2.75, 3.05) is 18.8 Å². The van der Waals surface area contributed by atoms with Crippen molar-refractivity contribution in [2.45, 2.75) is 18.9 Å². The van der Waals surface area contributed by atoms with Crippen LogP contribution >= 0.6 is 11.6 Å². The van der Waals surface area contributed by atoms with Crippen LogP contribution in [0.1, 0.15) is 18.9 Å². The Morgan fingerprint density at radius 2 is 1.97 bits per heavy atom. The van der Waals surface area contributed by atoms with Crippen LogP contribution < -0.4 is 11.1 Å². The molecule has 0 radical (unpaired) electrons. The first kappa shape index (κ1) is 19.3. The van der Waals surface area contributed by atoms with E-state index in [2.05, 4.69) is 25.4 Å². The maximum atomic E-state index is 6.86. The number of anilines is 1. The number of furan rings is 1. The molecule has 0 bridgehead atoms. The van der Waals surface area contributed by atoms with Gasteiger partial charge in [-0.05, 0) is 32.0 Å². The summed E-state index contributed by atoms with van der Waals surface area (Å²) in [5, 5.41) is 9.19. The summed E-state index contributed by atoms with van der Waals surface area (Å²) in [6, 6.07) is 2.29. The van der Waals surface area contributed by atoms with E-state index >= 15 is 0 Å². The molecule has 9 nitrogen and oxygen atoms in total. The molecule has 162 valence electrons. The van der Waals surface area contributed by atoms with Crippen molar-refractivity contribution in [3.05, 3.63) is 42.2 Å². The lowest BCUT2D eigenvalue weighted by Gasteiger charge is -2.22. The Hall–Kier alpha value is -3.43. The van der Waals surface area contributed by atoms with E-state index in [0.29, 0.717) is 22.4 Å². The molecular weight excluding hydrogens is 428 g/mol. The van der Waals surface area contributed by atoms with Crippen LogP contribution in [0, 0.1) is 0 Å². The van der Waals surface area contributed by atoms with Crippen molar-refractivity contribution in [1.29, 1.82) is 0 Å². The highest BCUT2D eigenvalue weighted by molar-refractivity contribution is 6.39. The van der Waals surface area contributed by atoms with Crippen LogP contribution in [-0.2, 0) is 7.05 Å². The molecular formula is C22H21ClN8O. The minimum absolute atomic E-state index is 0.287. The summed E-state index contributed by atoms with van der Waals surface area (Å²) in [4.78, 5) is 13.2. The Morgan fingerprint density at radius 3 is 2.81 bits per heavy atom. The van der Waals surface area contributed by atoms with E-state index in [1.807, 2.05) is 34.8 Å². The maximum absolute atomic E-state index is 6.86. The van der Waals surface area contributed by atoms with Crippen LogP contribution in [-0.4, -0.2) is 42.4 Å². The van der Waals surface area contributed by atoms with Crippen LogP contribution in [0.4, 0.5) is 5.82 Å². The number of piperidine rings is 1. The largest absolute Gasteiger partial charge is 0.450 e. The highest BCUT2D eigenvalue weighted by Gasteiger charge is 2.23. The van der Waals surface area contributed by atoms with E-state index in [1.165, 1.54) is 0 Å². The SMILES string of the molecule is Cn1cnc2cc(-c3oc4c(N)ncc(-c5cnn(C6CCNCC6)c5)c4c3Cl)cnc21. The van der Waals surface area contributed by atoms with Gasteiger partial charge in [0.05, 0.1) is 29.0 Å². The number of halogens is 1. The summed E-state index contributed by atoms with van der Waals surface area (Å²) in [7, 11) is 1.90. The molecule has 32 heavy (non-hydrogen) atoms. The number of nitrogen functional groups attached to an aromatic ring is 1. The van der Waals surface area contributed by atoms with Crippen molar-refractivity contribution in [1.82, 2.24) is 34.6 Å². The van der Waals surface area contributed by atoms with Crippen LogP contribution in [0.3, 0.4) is 0 Å². The second kappa shape index (κ2) is 7.32. The lowest BCUT2D eigenvalue weighted by atomic mass is 10.1. The standard InChI is InChI=1S/C22H21ClN8O/c1-30-11-28-16-6-12(7-27-22(16)30)19-18(23)17-15(9-26-21(24)20(17)32-19)13-8-29-31(10-13)14-2-4-25-5-3-14/h6-11,14,25H,2-5H2,1H3,(H2,24,26). The molecule has 0 aromatic carbocycles. The molecule has 0 amide bonds. The van der Waals surface area contributed by atoms with E-state index in [1.54, 1.807) is 18.7 Å². The normalized spacial score (nSPS) is 15.2. The van der Waals surface area contributed by atoms with E-state index in [9.17, 15) is 0 Å². The molecule has 1 aliphatic heterocycles. The number of imidazole rings is 1. The Balaban J connectivity index is 1.48. The molecule has 6 rings (SSSR count). The minimum atomic E-state index is 0.287. The van der Waals surface area contributed by atoms with Gasteiger partial charge in [-0.2, -0.15) is 5.10 Å². The third-order valence-electron chi connectivity index (χ3n) is 6.09. The van der Waals surface area contributed by atoms with Crippen LogP contribution in [0.25, 0.3) is 44.6 Å². The zero-order valence-electron chi connectivity index (χ0n) is 17.4. The fraction of sp³-hybridized carbons (Fsp3) is 0.273. The Bertz CT molecular complexity index is 1460. The van der Waals surface area contributed by atoms with Crippen molar-refractivity contribution in [2.24, 2.45) is 7.05 Å². The Labute approximate surface area is 188 Å². The van der Waals surface area contributed by atoms with E-state index in [-0.39, 0.29) is 5.82 Å². The van der Waals surface area contributed by atoms with Gasteiger partial charge < -0.3 is 20.0 Å². The number of aromatic nitrogens is 6. The molecule has 5 aromatic heterocycles. The van der Waals surface area contributed by atoms with Crippen LogP contribution in [0.5, 0.6) is 0 Å². The number of hydrogen-bond donors (Lipinski definition) is 2. The zero-order valence-corrected chi connectivity index (χ0v) is 18.2. The summed E-state index contributed by atoms with van der Waals surface area (Å²) in [6.45, 7) is 2.00. The summed E-state index contributed by atoms with van der Waals surface area (Å²) in [6.07, 6.45) is 11.2. The molecule has 1 fully saturated rings. The van der Waals surface area contributed by atoms with Gasteiger partial charge in [0.25, 0.3) is 0 Å². The van der Waals surface area contributed by atoms with Gasteiger partial charge in [0, 0.05) is 42.3 Å². The number of nitrogens with two attached hydrogens (primary N) is 1.